The summed E-state index contributed by atoms with van der Waals surface area (Å²) >= 11 is 0. The van der Waals surface area contributed by atoms with Crippen molar-refractivity contribution in [3.63, 3.8) is 0 Å². The number of ether oxygens (including phenoxy) is 1. The Kier molecular flexibility index (Phi) is 5.05. The summed E-state index contributed by atoms with van der Waals surface area (Å²) in [4.78, 5) is 14.4. The molecule has 4 nitrogen and oxygen atoms in total. The Morgan fingerprint density at radius 3 is 2.30 bits per heavy atom. The second-order valence-corrected chi connectivity index (χ2v) is 5.91. The van der Waals surface area contributed by atoms with Crippen molar-refractivity contribution in [3.8, 4) is 0 Å². The van der Waals surface area contributed by atoms with Crippen LogP contribution in [0.1, 0.15) is 17.5 Å². The summed E-state index contributed by atoms with van der Waals surface area (Å²) < 4.78 is 5.44. The maximum absolute atomic E-state index is 12.4. The fourth-order valence-corrected chi connectivity index (χ4v) is 2.94. The Balaban J connectivity index is 1.61. The van der Waals surface area contributed by atoms with E-state index in [0.717, 1.165) is 11.1 Å². The molecular formula is C19H21NO3. The van der Waals surface area contributed by atoms with Crippen molar-refractivity contribution < 1.29 is 14.6 Å². The van der Waals surface area contributed by atoms with Gasteiger partial charge in [0.1, 0.15) is 12.6 Å². The summed E-state index contributed by atoms with van der Waals surface area (Å²) in [6.45, 7) is 1.41. The average molecular weight is 311 g/mol. The molecule has 3 rings (SSSR count). The predicted molar refractivity (Wildman–Crippen MR) is 87.5 cm³/mol. The minimum atomic E-state index is -0.479. The average Bonchev–Trinajstić information content (AvgIpc) is 2.95. The van der Waals surface area contributed by atoms with E-state index in [2.05, 4.69) is 0 Å². The van der Waals surface area contributed by atoms with E-state index in [1.807, 2.05) is 65.6 Å². The van der Waals surface area contributed by atoms with Crippen molar-refractivity contribution in [2.24, 2.45) is 0 Å². The van der Waals surface area contributed by atoms with E-state index in [9.17, 15) is 9.90 Å². The van der Waals surface area contributed by atoms with Crippen molar-refractivity contribution in [2.45, 2.75) is 31.7 Å². The molecule has 2 atom stereocenters. The smallest absolute Gasteiger partial charge is 0.323 e. The lowest BCUT2D eigenvalue weighted by molar-refractivity contribution is -0.150. The first kappa shape index (κ1) is 15.7. The monoisotopic (exact) mass is 311 g/mol. The molecule has 1 heterocycles. The van der Waals surface area contributed by atoms with Gasteiger partial charge >= 0.3 is 5.97 Å². The zero-order valence-electron chi connectivity index (χ0n) is 13.0. The molecule has 0 aromatic heterocycles. The summed E-state index contributed by atoms with van der Waals surface area (Å²) in [7, 11) is 0. The molecule has 120 valence electrons. The number of likely N-dealkylation sites (tertiary alicyclic amines) is 1. The van der Waals surface area contributed by atoms with E-state index < -0.39 is 6.10 Å². The van der Waals surface area contributed by atoms with Gasteiger partial charge in [0, 0.05) is 19.5 Å². The van der Waals surface area contributed by atoms with Crippen molar-refractivity contribution in [1.82, 2.24) is 4.90 Å². The molecule has 1 saturated heterocycles. The van der Waals surface area contributed by atoms with Crippen LogP contribution in [0, 0.1) is 0 Å². The van der Waals surface area contributed by atoms with Crippen LogP contribution in [0.2, 0.25) is 0 Å². The number of benzene rings is 2. The first-order valence-corrected chi connectivity index (χ1v) is 7.89. The van der Waals surface area contributed by atoms with Crippen LogP contribution in [0.15, 0.2) is 60.7 Å². The molecule has 2 aromatic rings. The molecule has 1 N–H and O–H groups in total. The van der Waals surface area contributed by atoms with Gasteiger partial charge in [0.2, 0.25) is 0 Å². The topological polar surface area (TPSA) is 49.8 Å². The lowest BCUT2D eigenvalue weighted by Gasteiger charge is -2.22. The van der Waals surface area contributed by atoms with Gasteiger partial charge in [-0.15, -0.1) is 0 Å². The van der Waals surface area contributed by atoms with Crippen LogP contribution in [0.5, 0.6) is 0 Å². The lowest BCUT2D eigenvalue weighted by Crippen LogP contribution is -2.36. The van der Waals surface area contributed by atoms with Crippen molar-refractivity contribution in [3.05, 3.63) is 71.8 Å². The molecule has 23 heavy (non-hydrogen) atoms. The number of carbonyl (C=O) groups is 1. The van der Waals surface area contributed by atoms with E-state index >= 15 is 0 Å². The van der Waals surface area contributed by atoms with Gasteiger partial charge in [0.25, 0.3) is 0 Å². The first-order valence-electron chi connectivity index (χ1n) is 7.89. The molecule has 4 heteroatoms. The van der Waals surface area contributed by atoms with E-state index in [0.29, 0.717) is 19.5 Å². The normalized spacial score (nSPS) is 21.3. The molecule has 0 radical (unpaired) electrons. The minimum Gasteiger partial charge on any atom is -0.460 e. The van der Waals surface area contributed by atoms with E-state index in [1.165, 1.54) is 0 Å². The number of carbonyl (C=O) groups excluding carboxylic acids is 1. The zero-order valence-corrected chi connectivity index (χ0v) is 13.0. The quantitative estimate of drug-likeness (QED) is 0.861. The molecule has 0 amide bonds. The van der Waals surface area contributed by atoms with Gasteiger partial charge in [-0.3, -0.25) is 9.69 Å². The highest BCUT2D eigenvalue weighted by atomic mass is 16.5. The van der Waals surface area contributed by atoms with Crippen molar-refractivity contribution >= 4 is 5.97 Å². The standard InChI is InChI=1S/C19H21NO3/c21-17-11-18(19(22)23-14-16-9-5-2-6-10-16)20(13-17)12-15-7-3-1-4-8-15/h1-10,17-18,21H,11-14H2/t17-,18+/m1/s1. The molecule has 0 bridgehead atoms. The molecular weight excluding hydrogens is 290 g/mol. The Bertz CT molecular complexity index is 630. The van der Waals surface area contributed by atoms with Crippen molar-refractivity contribution in [2.75, 3.05) is 6.54 Å². The maximum atomic E-state index is 12.4. The fourth-order valence-electron chi connectivity index (χ4n) is 2.94. The number of hydrogen-bond acceptors (Lipinski definition) is 4. The van der Waals surface area contributed by atoms with Gasteiger partial charge in [0.15, 0.2) is 0 Å². The lowest BCUT2D eigenvalue weighted by atomic mass is 10.1. The maximum Gasteiger partial charge on any atom is 0.323 e. The number of aliphatic hydroxyl groups is 1. The molecule has 0 aliphatic carbocycles. The van der Waals surface area contributed by atoms with Crippen LogP contribution >= 0.6 is 0 Å². The molecule has 2 aromatic carbocycles. The first-order chi connectivity index (χ1) is 11.2. The van der Waals surface area contributed by atoms with Gasteiger partial charge < -0.3 is 9.84 Å². The highest BCUT2D eigenvalue weighted by Gasteiger charge is 2.36. The number of hydrogen-bond donors (Lipinski definition) is 1. The Morgan fingerprint density at radius 1 is 1.04 bits per heavy atom. The van der Waals surface area contributed by atoms with Crippen LogP contribution in [-0.2, 0) is 22.7 Å². The van der Waals surface area contributed by atoms with Crippen LogP contribution < -0.4 is 0 Å². The molecule has 1 fully saturated rings. The van der Waals surface area contributed by atoms with Gasteiger partial charge in [-0.25, -0.2) is 0 Å². The zero-order chi connectivity index (χ0) is 16.1. The summed E-state index contributed by atoms with van der Waals surface area (Å²) in [6.07, 6.45) is -0.0477. The predicted octanol–water partition coefficient (Wildman–Crippen LogP) is 2.37. The van der Waals surface area contributed by atoms with E-state index in [1.54, 1.807) is 0 Å². The molecule has 1 aliphatic rings. The number of β-amino-alcohol motifs (C(OH)–C–C–N with tert-alkyl or cyclic N) is 1. The summed E-state index contributed by atoms with van der Waals surface area (Å²) in [5.41, 5.74) is 2.09. The van der Waals surface area contributed by atoms with E-state index in [4.69, 9.17) is 4.74 Å². The third-order valence-electron chi connectivity index (χ3n) is 4.11. The van der Waals surface area contributed by atoms with Gasteiger partial charge in [-0.2, -0.15) is 0 Å². The molecule has 0 spiro atoms. The van der Waals surface area contributed by atoms with Gasteiger partial charge in [-0.1, -0.05) is 60.7 Å². The van der Waals surface area contributed by atoms with E-state index in [-0.39, 0.29) is 18.6 Å². The Labute approximate surface area is 136 Å². The molecule has 0 saturated carbocycles. The Hall–Kier alpha value is -2.17. The number of nitrogens with zero attached hydrogens (tertiary/aromatic N) is 1. The minimum absolute atomic E-state index is 0.263. The highest BCUT2D eigenvalue weighted by molar-refractivity contribution is 5.76. The SMILES string of the molecule is O=C(OCc1ccccc1)[C@@H]1C[C@@H](O)CN1Cc1ccccc1. The van der Waals surface area contributed by atoms with Crippen molar-refractivity contribution in [1.29, 1.82) is 0 Å². The summed E-state index contributed by atoms with van der Waals surface area (Å²) in [5.74, 6) is -0.263. The highest BCUT2D eigenvalue weighted by Crippen LogP contribution is 2.22. The number of aliphatic hydroxyl groups excluding tert-OH is 1. The van der Waals surface area contributed by atoms with Gasteiger partial charge in [0.05, 0.1) is 6.10 Å². The Morgan fingerprint density at radius 2 is 1.65 bits per heavy atom. The van der Waals surface area contributed by atoms with Crippen LogP contribution in [0.4, 0.5) is 0 Å². The molecule has 1 aliphatic heterocycles. The third kappa shape index (κ3) is 4.18. The van der Waals surface area contributed by atoms with Crippen LogP contribution in [0.3, 0.4) is 0 Å². The second-order valence-electron chi connectivity index (χ2n) is 5.91. The summed E-state index contributed by atoms with van der Waals surface area (Å²) in [6, 6.07) is 19.2. The van der Waals surface area contributed by atoms with Crippen LogP contribution in [0.25, 0.3) is 0 Å². The summed E-state index contributed by atoms with van der Waals surface area (Å²) in [5, 5.41) is 9.93. The fraction of sp³-hybridized carbons (Fsp3) is 0.316. The third-order valence-corrected chi connectivity index (χ3v) is 4.11. The molecule has 0 unspecified atom stereocenters. The second kappa shape index (κ2) is 7.40. The largest absolute Gasteiger partial charge is 0.460 e. The van der Waals surface area contributed by atoms with Gasteiger partial charge in [-0.05, 0) is 11.1 Å². The number of rotatable bonds is 5. The number of esters is 1. The van der Waals surface area contributed by atoms with Crippen LogP contribution in [-0.4, -0.2) is 34.7 Å².